The van der Waals surface area contributed by atoms with Crippen LogP contribution in [0.4, 0.5) is 0 Å². The first-order valence-electron chi connectivity index (χ1n) is 6.73. The fraction of sp³-hybridized carbons (Fsp3) is 0.500. The van der Waals surface area contributed by atoms with Crippen LogP contribution < -0.4 is 0 Å². The van der Waals surface area contributed by atoms with Crippen LogP contribution in [0.5, 0.6) is 0 Å². The number of hydrogen-bond donors (Lipinski definition) is 1. The predicted octanol–water partition coefficient (Wildman–Crippen LogP) is 1.88. The van der Waals surface area contributed by atoms with Gasteiger partial charge in [-0.05, 0) is 30.2 Å². The highest BCUT2D eigenvalue weighted by atomic mass is 79.9. The van der Waals surface area contributed by atoms with Crippen LogP contribution in [-0.4, -0.2) is 49.8 Å². The molecule has 0 saturated carbocycles. The molecule has 1 N–H and O–H groups in total. The van der Waals surface area contributed by atoms with Crippen LogP contribution in [0.25, 0.3) is 0 Å². The Labute approximate surface area is 133 Å². The summed E-state index contributed by atoms with van der Waals surface area (Å²) < 4.78 is 25.2. The van der Waals surface area contributed by atoms with Crippen LogP contribution in [0.1, 0.15) is 6.92 Å². The maximum Gasteiger partial charge on any atom is 0.306 e. The highest BCUT2D eigenvalue weighted by molar-refractivity contribution is 9.10. The third kappa shape index (κ3) is 4.05. The van der Waals surface area contributed by atoms with Crippen LogP contribution in [0.15, 0.2) is 33.6 Å². The van der Waals surface area contributed by atoms with E-state index in [1.54, 1.807) is 31.2 Å². The molecular formula is C14H18BrNO4S. The van der Waals surface area contributed by atoms with Crippen molar-refractivity contribution in [2.24, 2.45) is 11.8 Å². The second kappa shape index (κ2) is 6.46. The zero-order chi connectivity index (χ0) is 15.6. The molecule has 1 heterocycles. The maximum absolute atomic E-state index is 12.2. The number of aliphatic carboxylic acids is 1. The van der Waals surface area contributed by atoms with Gasteiger partial charge in [-0.3, -0.25) is 4.79 Å². The molecule has 7 heteroatoms. The number of rotatable bonds is 6. The minimum Gasteiger partial charge on any atom is -0.481 e. The Balaban J connectivity index is 1.84. The van der Waals surface area contributed by atoms with E-state index in [1.807, 2.05) is 4.90 Å². The zero-order valence-corrected chi connectivity index (χ0v) is 14.1. The van der Waals surface area contributed by atoms with E-state index in [9.17, 15) is 13.2 Å². The number of hydrogen-bond acceptors (Lipinski definition) is 4. The largest absolute Gasteiger partial charge is 0.481 e. The standard InChI is InChI=1S/C14H18BrNO4S/c1-10(14(17)18)11-8-16(9-11)6-7-21(19,20)13-4-2-12(15)3-5-13/h2-5,10-11H,6-9H2,1H3,(H,17,18). The summed E-state index contributed by atoms with van der Waals surface area (Å²) in [5.41, 5.74) is 0. The Morgan fingerprint density at radius 3 is 2.48 bits per heavy atom. The minimum atomic E-state index is -3.28. The van der Waals surface area contributed by atoms with Crippen molar-refractivity contribution < 1.29 is 18.3 Å². The van der Waals surface area contributed by atoms with Crippen LogP contribution in [-0.2, 0) is 14.6 Å². The maximum atomic E-state index is 12.2. The molecule has 21 heavy (non-hydrogen) atoms. The molecule has 0 aliphatic carbocycles. The monoisotopic (exact) mass is 375 g/mol. The third-order valence-corrected chi connectivity index (χ3v) is 6.17. The summed E-state index contributed by atoms with van der Waals surface area (Å²) in [5, 5.41) is 8.92. The van der Waals surface area contributed by atoms with E-state index in [2.05, 4.69) is 15.9 Å². The van der Waals surface area contributed by atoms with Gasteiger partial charge in [0.25, 0.3) is 0 Å². The van der Waals surface area contributed by atoms with E-state index in [-0.39, 0.29) is 17.6 Å². The van der Waals surface area contributed by atoms with E-state index in [0.717, 1.165) is 4.47 Å². The number of halogens is 1. The highest BCUT2D eigenvalue weighted by Crippen LogP contribution is 2.24. The van der Waals surface area contributed by atoms with Gasteiger partial charge in [-0.25, -0.2) is 8.42 Å². The molecule has 1 unspecified atom stereocenters. The molecule has 0 aromatic heterocycles. The first kappa shape index (κ1) is 16.5. The Morgan fingerprint density at radius 1 is 1.38 bits per heavy atom. The molecule has 1 aromatic carbocycles. The van der Waals surface area contributed by atoms with E-state index < -0.39 is 15.8 Å². The summed E-state index contributed by atoms with van der Waals surface area (Å²) in [6.45, 7) is 3.46. The van der Waals surface area contributed by atoms with E-state index in [0.29, 0.717) is 24.5 Å². The molecule has 5 nitrogen and oxygen atoms in total. The molecular weight excluding hydrogens is 358 g/mol. The van der Waals surface area contributed by atoms with Crippen LogP contribution in [0.2, 0.25) is 0 Å². The Bertz CT molecular complexity index is 608. The first-order valence-corrected chi connectivity index (χ1v) is 9.17. The van der Waals surface area contributed by atoms with Crippen LogP contribution in [0.3, 0.4) is 0 Å². The van der Waals surface area contributed by atoms with Crippen molar-refractivity contribution in [1.29, 1.82) is 0 Å². The topological polar surface area (TPSA) is 74.7 Å². The van der Waals surface area contributed by atoms with Crippen molar-refractivity contribution in [3.63, 3.8) is 0 Å². The Hall–Kier alpha value is -0.920. The van der Waals surface area contributed by atoms with Gasteiger partial charge in [-0.2, -0.15) is 0 Å². The number of carboxylic acids is 1. The lowest BCUT2D eigenvalue weighted by Crippen LogP contribution is -2.52. The Morgan fingerprint density at radius 2 is 1.95 bits per heavy atom. The number of carboxylic acid groups (broad SMARTS) is 1. The molecule has 116 valence electrons. The second-order valence-electron chi connectivity index (χ2n) is 5.42. The van der Waals surface area contributed by atoms with E-state index in [4.69, 9.17) is 5.11 Å². The number of sulfone groups is 1. The van der Waals surface area contributed by atoms with Gasteiger partial charge in [0.05, 0.1) is 16.6 Å². The quantitative estimate of drug-likeness (QED) is 0.821. The average Bonchev–Trinajstić information content (AvgIpc) is 2.36. The van der Waals surface area contributed by atoms with E-state index >= 15 is 0 Å². The fourth-order valence-corrected chi connectivity index (χ4v) is 3.87. The van der Waals surface area contributed by atoms with Crippen LogP contribution in [0, 0.1) is 11.8 Å². The van der Waals surface area contributed by atoms with Crippen molar-refractivity contribution in [3.8, 4) is 0 Å². The lowest BCUT2D eigenvalue weighted by atomic mass is 9.87. The summed E-state index contributed by atoms with van der Waals surface area (Å²) >= 11 is 3.28. The summed E-state index contributed by atoms with van der Waals surface area (Å²) in [7, 11) is -3.28. The molecule has 1 aromatic rings. The number of nitrogens with zero attached hydrogens (tertiary/aromatic N) is 1. The lowest BCUT2D eigenvalue weighted by Gasteiger charge is -2.41. The van der Waals surface area contributed by atoms with Crippen molar-refractivity contribution in [1.82, 2.24) is 4.90 Å². The van der Waals surface area contributed by atoms with Gasteiger partial charge in [0, 0.05) is 24.1 Å². The van der Waals surface area contributed by atoms with Crippen molar-refractivity contribution in [2.45, 2.75) is 11.8 Å². The van der Waals surface area contributed by atoms with Crippen molar-refractivity contribution in [3.05, 3.63) is 28.7 Å². The second-order valence-corrected chi connectivity index (χ2v) is 8.44. The molecule has 1 aliphatic rings. The molecule has 2 rings (SSSR count). The SMILES string of the molecule is CC(C(=O)O)C1CN(CCS(=O)(=O)c2ccc(Br)cc2)C1. The van der Waals surface area contributed by atoms with Crippen molar-refractivity contribution >= 4 is 31.7 Å². The molecule has 0 amide bonds. The van der Waals surface area contributed by atoms with Gasteiger partial charge in [0.15, 0.2) is 9.84 Å². The summed E-state index contributed by atoms with van der Waals surface area (Å²) in [6, 6.07) is 6.60. The molecule has 1 saturated heterocycles. The third-order valence-electron chi connectivity index (χ3n) is 3.93. The molecule has 1 aliphatic heterocycles. The number of carbonyl (C=O) groups is 1. The van der Waals surface area contributed by atoms with Gasteiger partial charge in [-0.15, -0.1) is 0 Å². The van der Waals surface area contributed by atoms with Crippen molar-refractivity contribution in [2.75, 3.05) is 25.4 Å². The minimum absolute atomic E-state index is 0.0583. The Kier molecular flexibility index (Phi) is 5.06. The van der Waals surface area contributed by atoms with Gasteiger partial charge in [-0.1, -0.05) is 22.9 Å². The molecule has 0 spiro atoms. The first-order chi connectivity index (χ1) is 9.79. The fourth-order valence-electron chi connectivity index (χ4n) is 2.32. The average molecular weight is 376 g/mol. The smallest absolute Gasteiger partial charge is 0.306 e. The number of likely N-dealkylation sites (tertiary alicyclic amines) is 1. The molecule has 0 bridgehead atoms. The highest BCUT2D eigenvalue weighted by Gasteiger charge is 2.34. The van der Waals surface area contributed by atoms with Gasteiger partial charge < -0.3 is 10.0 Å². The van der Waals surface area contributed by atoms with Gasteiger partial charge in [0.1, 0.15) is 0 Å². The summed E-state index contributed by atoms with van der Waals surface area (Å²) in [4.78, 5) is 13.2. The summed E-state index contributed by atoms with van der Waals surface area (Å²) in [6.07, 6.45) is 0. The molecule has 1 atom stereocenters. The predicted molar refractivity (Wildman–Crippen MR) is 82.9 cm³/mol. The normalized spacial score (nSPS) is 18.2. The van der Waals surface area contributed by atoms with Gasteiger partial charge in [0.2, 0.25) is 0 Å². The zero-order valence-electron chi connectivity index (χ0n) is 11.7. The lowest BCUT2D eigenvalue weighted by molar-refractivity contribution is -0.145. The number of benzene rings is 1. The van der Waals surface area contributed by atoms with Crippen LogP contribution >= 0.6 is 15.9 Å². The van der Waals surface area contributed by atoms with Gasteiger partial charge >= 0.3 is 5.97 Å². The van der Waals surface area contributed by atoms with E-state index in [1.165, 1.54) is 0 Å². The summed E-state index contributed by atoms with van der Waals surface area (Å²) in [5.74, 6) is -0.979. The molecule has 1 fully saturated rings. The molecule has 0 radical (unpaired) electrons.